The number of para-hydroxylation sites is 1. The molecule has 1 saturated heterocycles. The Bertz CT molecular complexity index is 692. The molecule has 0 aromatic heterocycles. The largest absolute Gasteiger partial charge is 0.484 e. The molecule has 1 amide bonds. The lowest BCUT2D eigenvalue weighted by atomic mass is 9.88. The van der Waals surface area contributed by atoms with E-state index < -0.39 is 5.54 Å². The summed E-state index contributed by atoms with van der Waals surface area (Å²) < 4.78 is 5.56. The van der Waals surface area contributed by atoms with E-state index in [1.807, 2.05) is 35.2 Å². The fraction of sp³-hybridized carbons (Fsp3) is 0.625. The maximum atomic E-state index is 12.4. The molecule has 0 spiro atoms. The smallest absolute Gasteiger partial charge is 0.260 e. The van der Waals surface area contributed by atoms with E-state index in [9.17, 15) is 9.59 Å². The lowest BCUT2D eigenvalue weighted by Gasteiger charge is -2.32. The van der Waals surface area contributed by atoms with Gasteiger partial charge in [-0.25, -0.2) is 4.99 Å². The molecule has 1 heterocycles. The van der Waals surface area contributed by atoms with Crippen LogP contribution in [0.2, 0.25) is 0 Å². The number of hydrogen-bond acceptors (Lipinski definition) is 4. The quantitative estimate of drug-likeness (QED) is 0.301. The number of ether oxygens (including phenoxy) is 1. The zero-order chi connectivity index (χ0) is 22.5. The van der Waals surface area contributed by atoms with Gasteiger partial charge in [-0.1, -0.05) is 57.7 Å². The van der Waals surface area contributed by atoms with E-state index in [1.54, 1.807) is 0 Å². The number of carbonyl (C=O) groups is 2. The number of aliphatic imine (C=N–C) groups is 1. The van der Waals surface area contributed by atoms with E-state index in [1.165, 1.54) is 0 Å². The Morgan fingerprint density at radius 3 is 2.35 bits per heavy atom. The molecule has 172 valence electrons. The lowest BCUT2D eigenvalue weighted by Crippen LogP contribution is -2.53. The predicted octanol–water partition coefficient (Wildman–Crippen LogP) is 3.28. The second-order valence-corrected chi connectivity index (χ2v) is 8.33. The number of nitrogens with zero attached hydrogens (tertiary/aromatic N) is 2. The molecule has 0 unspecified atom stereocenters. The molecule has 0 radical (unpaired) electrons. The maximum absolute atomic E-state index is 12.4. The molecule has 1 aliphatic heterocycles. The molecule has 7 heteroatoms. The van der Waals surface area contributed by atoms with Gasteiger partial charge in [0.15, 0.2) is 12.6 Å². The highest BCUT2D eigenvalue weighted by Gasteiger charge is 2.30. The summed E-state index contributed by atoms with van der Waals surface area (Å²) in [5.74, 6) is 1.01. The van der Waals surface area contributed by atoms with E-state index in [4.69, 9.17) is 10.5 Å². The van der Waals surface area contributed by atoms with Crippen LogP contribution < -0.4 is 15.8 Å². The second kappa shape index (κ2) is 13.0. The standard InChI is InChI=1S/C24H38N4O3/c1-3-5-14-24(19-29,15-6-4-2)27-23(25)26-20-12-16-28(17-13-20)22(30)18-31-21-10-8-7-9-11-21/h7-11,19-20H,3-6,12-18H2,1-2H3,(H3,25,26,27). The van der Waals surface area contributed by atoms with E-state index in [0.29, 0.717) is 24.8 Å². The summed E-state index contributed by atoms with van der Waals surface area (Å²) in [6.07, 6.45) is 8.02. The molecule has 0 aliphatic carbocycles. The van der Waals surface area contributed by atoms with Gasteiger partial charge in [-0.2, -0.15) is 0 Å². The Kier molecular flexibility index (Phi) is 10.3. The first-order chi connectivity index (χ1) is 15.0. The first-order valence-electron chi connectivity index (χ1n) is 11.5. The minimum Gasteiger partial charge on any atom is -0.484 e. The lowest BCUT2D eigenvalue weighted by molar-refractivity contribution is -0.134. The molecule has 0 bridgehead atoms. The average molecular weight is 431 g/mol. The monoisotopic (exact) mass is 430 g/mol. The zero-order valence-corrected chi connectivity index (χ0v) is 19.0. The average Bonchev–Trinajstić information content (AvgIpc) is 2.80. The van der Waals surface area contributed by atoms with Crippen LogP contribution in [-0.4, -0.2) is 54.3 Å². The molecule has 0 saturated carbocycles. The highest BCUT2D eigenvalue weighted by Crippen LogP contribution is 2.20. The summed E-state index contributed by atoms with van der Waals surface area (Å²) in [6.45, 7) is 5.53. The van der Waals surface area contributed by atoms with Crippen LogP contribution in [-0.2, 0) is 9.59 Å². The van der Waals surface area contributed by atoms with Gasteiger partial charge < -0.3 is 25.5 Å². The van der Waals surface area contributed by atoms with Crippen molar-refractivity contribution < 1.29 is 14.3 Å². The third kappa shape index (κ3) is 8.23. The summed E-state index contributed by atoms with van der Waals surface area (Å²) in [5.41, 5.74) is 5.56. The minimum absolute atomic E-state index is 0.0171. The van der Waals surface area contributed by atoms with Gasteiger partial charge in [0.1, 0.15) is 12.0 Å². The van der Waals surface area contributed by atoms with Gasteiger partial charge in [-0.05, 0) is 37.8 Å². The number of hydrogen-bond donors (Lipinski definition) is 2. The second-order valence-electron chi connectivity index (χ2n) is 8.33. The van der Waals surface area contributed by atoms with E-state index in [0.717, 1.165) is 57.7 Å². The highest BCUT2D eigenvalue weighted by atomic mass is 16.5. The molecule has 1 fully saturated rings. The van der Waals surface area contributed by atoms with Crippen molar-refractivity contribution in [3.63, 3.8) is 0 Å². The molecule has 2 rings (SSSR count). The third-order valence-corrected chi connectivity index (χ3v) is 5.80. The Balaban J connectivity index is 1.84. The van der Waals surface area contributed by atoms with Crippen LogP contribution in [0.1, 0.15) is 65.2 Å². The van der Waals surface area contributed by atoms with Crippen molar-refractivity contribution in [3.8, 4) is 5.75 Å². The molecule has 1 aliphatic rings. The first-order valence-corrected chi connectivity index (χ1v) is 11.5. The summed E-state index contributed by atoms with van der Waals surface area (Å²) in [6, 6.07) is 9.40. The van der Waals surface area contributed by atoms with Crippen molar-refractivity contribution in [1.82, 2.24) is 10.2 Å². The minimum atomic E-state index is -0.634. The normalized spacial score (nSPS) is 15.5. The molecular formula is C24H38N4O3. The number of nitrogens with two attached hydrogens (primary N) is 1. The molecule has 0 atom stereocenters. The van der Waals surface area contributed by atoms with Gasteiger partial charge in [0.25, 0.3) is 5.91 Å². The molecule has 1 aromatic carbocycles. The maximum Gasteiger partial charge on any atom is 0.260 e. The van der Waals surface area contributed by atoms with Crippen molar-refractivity contribution >= 4 is 18.2 Å². The van der Waals surface area contributed by atoms with Crippen LogP contribution >= 0.6 is 0 Å². The van der Waals surface area contributed by atoms with E-state index in [2.05, 4.69) is 24.2 Å². The van der Waals surface area contributed by atoms with Gasteiger partial charge >= 0.3 is 0 Å². The zero-order valence-electron chi connectivity index (χ0n) is 19.0. The van der Waals surface area contributed by atoms with Crippen molar-refractivity contribution in [2.45, 2.75) is 76.8 Å². The van der Waals surface area contributed by atoms with Gasteiger partial charge in [-0.3, -0.25) is 4.79 Å². The number of carbonyl (C=O) groups excluding carboxylic acids is 2. The van der Waals surface area contributed by atoms with Crippen molar-refractivity contribution in [1.29, 1.82) is 0 Å². The number of nitrogens with one attached hydrogen (secondary N) is 1. The molecule has 7 nitrogen and oxygen atoms in total. The summed E-state index contributed by atoms with van der Waals surface area (Å²) in [5, 5.41) is 3.23. The molecule has 3 N–H and O–H groups in total. The van der Waals surface area contributed by atoms with Crippen molar-refractivity contribution in [2.24, 2.45) is 10.7 Å². The Morgan fingerprint density at radius 2 is 1.81 bits per heavy atom. The van der Waals surface area contributed by atoms with Crippen LogP contribution in [0.4, 0.5) is 0 Å². The number of amides is 1. The van der Waals surface area contributed by atoms with Crippen LogP contribution in [0.25, 0.3) is 0 Å². The third-order valence-electron chi connectivity index (χ3n) is 5.80. The number of piperidine rings is 1. The van der Waals surface area contributed by atoms with Crippen molar-refractivity contribution in [3.05, 3.63) is 30.3 Å². The van der Waals surface area contributed by atoms with Crippen LogP contribution in [0.5, 0.6) is 5.75 Å². The molecular weight excluding hydrogens is 392 g/mol. The Hall–Kier alpha value is -2.57. The first kappa shape index (κ1) is 24.7. The number of benzene rings is 1. The van der Waals surface area contributed by atoms with Gasteiger partial charge in [0, 0.05) is 13.1 Å². The fourth-order valence-electron chi connectivity index (χ4n) is 3.86. The Morgan fingerprint density at radius 1 is 1.19 bits per heavy atom. The number of likely N-dealkylation sites (tertiary alicyclic amines) is 1. The van der Waals surface area contributed by atoms with E-state index in [-0.39, 0.29) is 18.6 Å². The van der Waals surface area contributed by atoms with Gasteiger partial charge in [-0.15, -0.1) is 0 Å². The van der Waals surface area contributed by atoms with Gasteiger partial charge in [0.05, 0.1) is 11.6 Å². The van der Waals surface area contributed by atoms with Crippen LogP contribution in [0.15, 0.2) is 35.3 Å². The molecule has 1 aromatic rings. The molecule has 31 heavy (non-hydrogen) atoms. The summed E-state index contributed by atoms with van der Waals surface area (Å²) in [4.78, 5) is 30.8. The van der Waals surface area contributed by atoms with E-state index >= 15 is 0 Å². The Labute approximate surface area is 186 Å². The van der Waals surface area contributed by atoms with Gasteiger partial charge in [0.2, 0.25) is 0 Å². The highest BCUT2D eigenvalue weighted by molar-refractivity contribution is 5.83. The number of rotatable bonds is 12. The summed E-state index contributed by atoms with van der Waals surface area (Å²) in [7, 11) is 0. The van der Waals surface area contributed by atoms with Crippen LogP contribution in [0, 0.1) is 0 Å². The number of aldehydes is 1. The summed E-state index contributed by atoms with van der Waals surface area (Å²) >= 11 is 0. The number of unbranched alkanes of at least 4 members (excludes halogenated alkanes) is 2. The number of guanidine groups is 1. The van der Waals surface area contributed by atoms with Crippen molar-refractivity contribution in [2.75, 3.05) is 19.7 Å². The topological polar surface area (TPSA) is 97.0 Å². The fourth-order valence-corrected chi connectivity index (χ4v) is 3.86. The predicted molar refractivity (Wildman–Crippen MR) is 124 cm³/mol. The SMILES string of the molecule is CCCCC(C=O)(CCCC)NC(N)=NC1CCN(C(=O)COc2ccccc2)CC1. The van der Waals surface area contributed by atoms with Crippen LogP contribution in [0.3, 0.4) is 0 Å².